The minimum absolute atomic E-state index is 0.0958. The van der Waals surface area contributed by atoms with Crippen LogP contribution in [0.25, 0.3) is 0 Å². The number of likely N-dealkylation sites (N-methyl/N-ethyl adjacent to an activating group) is 1. The summed E-state index contributed by atoms with van der Waals surface area (Å²) in [4.78, 5) is 33.6. The molecule has 2 aliphatic rings. The summed E-state index contributed by atoms with van der Waals surface area (Å²) in [5.74, 6) is -0.510. The Labute approximate surface area is 189 Å². The predicted molar refractivity (Wildman–Crippen MR) is 117 cm³/mol. The van der Waals surface area contributed by atoms with Gasteiger partial charge in [0, 0.05) is 38.2 Å². The highest BCUT2D eigenvalue weighted by molar-refractivity contribution is 6.03. The smallest absolute Gasteiger partial charge is 0.337 e. The van der Waals surface area contributed by atoms with Crippen LogP contribution >= 0.6 is 0 Å². The highest BCUT2D eigenvalue weighted by atomic mass is 19.4. The van der Waals surface area contributed by atoms with E-state index in [0.29, 0.717) is 32.0 Å². The number of halogens is 3. The van der Waals surface area contributed by atoms with Crippen molar-refractivity contribution in [2.45, 2.75) is 38.0 Å². The van der Waals surface area contributed by atoms with E-state index in [1.165, 1.54) is 18.2 Å². The number of nitrogens with one attached hydrogen (secondary N) is 1. The zero-order valence-electron chi connectivity index (χ0n) is 18.4. The lowest BCUT2D eigenvalue weighted by molar-refractivity contribution is -0.137. The molecular formula is C23H26F3N5O2. The number of carbonyl (C=O) groups excluding carboxylic acids is 2. The Morgan fingerprint density at radius 3 is 2.79 bits per heavy atom. The largest absolute Gasteiger partial charge is 0.416 e. The van der Waals surface area contributed by atoms with Gasteiger partial charge in [-0.05, 0) is 44.2 Å². The third-order valence-electron chi connectivity index (χ3n) is 6.17. The number of fused-ring (bicyclic) bond motifs is 1. The quantitative estimate of drug-likeness (QED) is 0.708. The van der Waals surface area contributed by atoms with Crippen molar-refractivity contribution in [3.8, 4) is 0 Å². The van der Waals surface area contributed by atoms with Crippen LogP contribution in [0.3, 0.4) is 0 Å². The zero-order valence-corrected chi connectivity index (χ0v) is 18.4. The minimum atomic E-state index is -4.54. The Morgan fingerprint density at radius 2 is 2.06 bits per heavy atom. The summed E-state index contributed by atoms with van der Waals surface area (Å²) in [6, 6.07) is 4.21. The third kappa shape index (κ3) is 4.80. The van der Waals surface area contributed by atoms with Crippen molar-refractivity contribution >= 4 is 17.8 Å². The second-order valence-corrected chi connectivity index (χ2v) is 8.50. The molecule has 0 radical (unpaired) electrons. The van der Waals surface area contributed by atoms with Crippen LogP contribution in [0.1, 0.15) is 46.2 Å². The molecule has 0 spiro atoms. The number of piperidine rings is 1. The van der Waals surface area contributed by atoms with E-state index in [-0.39, 0.29) is 17.5 Å². The molecule has 0 saturated carbocycles. The van der Waals surface area contributed by atoms with Gasteiger partial charge in [-0.15, -0.1) is 0 Å². The second-order valence-electron chi connectivity index (χ2n) is 8.50. The number of likely N-dealkylation sites (tertiary alicyclic amines) is 1. The van der Waals surface area contributed by atoms with Gasteiger partial charge in [0.05, 0.1) is 23.0 Å². The van der Waals surface area contributed by atoms with Gasteiger partial charge >= 0.3 is 6.18 Å². The third-order valence-corrected chi connectivity index (χ3v) is 6.17. The average molecular weight is 461 g/mol. The maximum absolute atomic E-state index is 13.1. The number of carbonyl (C=O) groups is 2. The number of alkyl halides is 3. The highest BCUT2D eigenvalue weighted by Crippen LogP contribution is 2.33. The van der Waals surface area contributed by atoms with Gasteiger partial charge in [-0.1, -0.05) is 12.6 Å². The fourth-order valence-corrected chi connectivity index (χ4v) is 4.50. The molecule has 0 bridgehead atoms. The molecule has 1 saturated heterocycles. The van der Waals surface area contributed by atoms with Crippen LogP contribution in [0.15, 0.2) is 36.9 Å². The molecule has 1 fully saturated rings. The van der Waals surface area contributed by atoms with Crippen LogP contribution in [0.2, 0.25) is 0 Å². The van der Waals surface area contributed by atoms with Gasteiger partial charge in [0.25, 0.3) is 5.91 Å². The van der Waals surface area contributed by atoms with Crippen molar-refractivity contribution in [3.63, 3.8) is 0 Å². The molecule has 10 heteroatoms. The van der Waals surface area contributed by atoms with E-state index in [1.807, 2.05) is 11.6 Å². The van der Waals surface area contributed by atoms with Crippen LogP contribution in [0.5, 0.6) is 0 Å². The molecule has 3 heterocycles. The summed E-state index contributed by atoms with van der Waals surface area (Å²) in [5.41, 5.74) is 0.840. The van der Waals surface area contributed by atoms with Crippen LogP contribution in [0, 0.1) is 0 Å². The van der Waals surface area contributed by atoms with E-state index < -0.39 is 17.6 Å². The number of rotatable bonds is 4. The number of hydrogen-bond acceptors (Lipinski definition) is 4. The number of amides is 2. The monoisotopic (exact) mass is 461 g/mol. The Morgan fingerprint density at radius 1 is 1.27 bits per heavy atom. The number of imidazole rings is 1. The predicted octanol–water partition coefficient (Wildman–Crippen LogP) is 3.49. The Hall–Kier alpha value is -3.14. The Kier molecular flexibility index (Phi) is 6.29. The van der Waals surface area contributed by atoms with Crippen LogP contribution in [-0.2, 0) is 23.9 Å². The fraction of sp³-hybridized carbons (Fsp3) is 0.435. The lowest BCUT2D eigenvalue weighted by Gasteiger charge is -2.35. The first-order valence-electron chi connectivity index (χ1n) is 10.9. The molecule has 2 amide bonds. The highest BCUT2D eigenvalue weighted by Gasteiger charge is 2.33. The van der Waals surface area contributed by atoms with Gasteiger partial charge < -0.3 is 14.4 Å². The minimum Gasteiger partial charge on any atom is -0.337 e. The molecule has 2 aliphatic heterocycles. The summed E-state index contributed by atoms with van der Waals surface area (Å²) in [5, 5.41) is 2.74. The fourth-order valence-electron chi connectivity index (χ4n) is 4.50. The van der Waals surface area contributed by atoms with Gasteiger partial charge in [-0.25, -0.2) is 4.98 Å². The Balaban J connectivity index is 1.67. The van der Waals surface area contributed by atoms with E-state index in [4.69, 9.17) is 0 Å². The lowest BCUT2D eigenvalue weighted by atomic mass is 10.0. The molecule has 33 heavy (non-hydrogen) atoms. The number of anilines is 1. The molecule has 1 N–H and O–H groups in total. The second kappa shape index (κ2) is 9.01. The molecular weight excluding hydrogens is 435 g/mol. The summed E-state index contributed by atoms with van der Waals surface area (Å²) < 4.78 is 41.2. The van der Waals surface area contributed by atoms with E-state index in [0.717, 1.165) is 42.9 Å². The zero-order chi connectivity index (χ0) is 23.8. The van der Waals surface area contributed by atoms with Gasteiger partial charge in [-0.3, -0.25) is 14.9 Å². The Bertz CT molecular complexity index is 1080. The van der Waals surface area contributed by atoms with E-state index in [1.54, 1.807) is 4.90 Å². The molecule has 1 aromatic carbocycles. The summed E-state index contributed by atoms with van der Waals surface area (Å²) >= 11 is 0. The maximum atomic E-state index is 13.1. The molecule has 4 rings (SSSR count). The first-order valence-corrected chi connectivity index (χ1v) is 10.9. The summed E-state index contributed by atoms with van der Waals surface area (Å²) in [6.45, 7) is 6.09. The SMILES string of the molecule is C=CC(=O)N1CCCC(n2c(NC(=O)c3cccc(C(F)(F)F)c3)nc3c2CN(C)CC3)C1. The van der Waals surface area contributed by atoms with Gasteiger partial charge in [0.2, 0.25) is 11.9 Å². The van der Waals surface area contributed by atoms with Gasteiger partial charge in [0.15, 0.2) is 0 Å². The van der Waals surface area contributed by atoms with Crippen molar-refractivity contribution in [2.75, 3.05) is 32.0 Å². The topological polar surface area (TPSA) is 70.5 Å². The molecule has 1 unspecified atom stereocenters. The number of hydrogen-bond donors (Lipinski definition) is 1. The molecule has 2 aromatic rings. The number of nitrogens with zero attached hydrogens (tertiary/aromatic N) is 4. The van der Waals surface area contributed by atoms with Crippen LogP contribution in [0.4, 0.5) is 19.1 Å². The van der Waals surface area contributed by atoms with Crippen molar-refractivity contribution in [3.05, 3.63) is 59.4 Å². The molecule has 7 nitrogen and oxygen atoms in total. The lowest BCUT2D eigenvalue weighted by Crippen LogP contribution is -2.41. The van der Waals surface area contributed by atoms with Crippen molar-refractivity contribution in [1.82, 2.24) is 19.4 Å². The van der Waals surface area contributed by atoms with Gasteiger partial charge in [-0.2, -0.15) is 13.2 Å². The summed E-state index contributed by atoms with van der Waals surface area (Å²) in [6.07, 6.45) is -0.973. The molecule has 0 aliphatic carbocycles. The van der Waals surface area contributed by atoms with E-state index in [9.17, 15) is 22.8 Å². The molecule has 1 atom stereocenters. The van der Waals surface area contributed by atoms with Crippen molar-refractivity contribution < 1.29 is 22.8 Å². The van der Waals surface area contributed by atoms with E-state index in [2.05, 4.69) is 21.8 Å². The number of aromatic nitrogens is 2. The molecule has 176 valence electrons. The average Bonchev–Trinajstić information content (AvgIpc) is 3.14. The van der Waals surface area contributed by atoms with Crippen molar-refractivity contribution in [2.24, 2.45) is 0 Å². The van der Waals surface area contributed by atoms with Crippen molar-refractivity contribution in [1.29, 1.82) is 0 Å². The first-order chi connectivity index (χ1) is 15.7. The maximum Gasteiger partial charge on any atom is 0.416 e. The first kappa shape index (κ1) is 23.0. The summed E-state index contributed by atoms with van der Waals surface area (Å²) in [7, 11) is 2.00. The van der Waals surface area contributed by atoms with Crippen LogP contribution in [-0.4, -0.2) is 57.8 Å². The normalized spacial score (nSPS) is 19.2. The number of benzene rings is 1. The van der Waals surface area contributed by atoms with Crippen LogP contribution < -0.4 is 5.32 Å². The standard InChI is InChI=1S/C23H26F3N5O2/c1-3-20(32)30-10-5-8-17(13-30)31-19-14-29(2)11-9-18(19)27-22(31)28-21(33)15-6-4-7-16(12-15)23(24,25)26/h3-4,6-7,12,17H,1,5,8-11,13-14H2,2H3,(H,27,28,33). The van der Waals surface area contributed by atoms with E-state index >= 15 is 0 Å². The van der Waals surface area contributed by atoms with Gasteiger partial charge in [0.1, 0.15) is 0 Å². The molecule has 1 aromatic heterocycles.